The minimum atomic E-state index is -0.856. The topological polar surface area (TPSA) is 142 Å². The van der Waals surface area contributed by atoms with E-state index in [0.29, 0.717) is 11.6 Å². The van der Waals surface area contributed by atoms with Crippen LogP contribution < -0.4 is 5.56 Å². The molecular formula is C17H20N6O5. The molecule has 11 heteroatoms. The highest BCUT2D eigenvalue weighted by atomic mass is 16.5. The number of hydrogen-bond acceptors (Lipinski definition) is 8. The zero-order chi connectivity index (χ0) is 19.8. The summed E-state index contributed by atoms with van der Waals surface area (Å²) in [6.07, 6.45) is 0.928. The molecule has 1 aliphatic heterocycles. The Kier molecular flexibility index (Phi) is 4.71. The van der Waals surface area contributed by atoms with Gasteiger partial charge in [0.05, 0.1) is 25.3 Å². The smallest absolute Gasteiger partial charge is 0.280 e. The predicted molar refractivity (Wildman–Crippen MR) is 99.3 cm³/mol. The fourth-order valence-corrected chi connectivity index (χ4v) is 3.09. The largest absolute Gasteiger partial charge is 0.461 e. The Morgan fingerprint density at radius 1 is 1.46 bits per heavy atom. The maximum Gasteiger partial charge on any atom is 0.280 e. The Hall–Kier alpha value is -3.02. The van der Waals surface area contributed by atoms with Crippen LogP contribution in [0.5, 0.6) is 0 Å². The molecule has 11 nitrogen and oxygen atoms in total. The van der Waals surface area contributed by atoms with Crippen LogP contribution in [0.25, 0.3) is 22.7 Å². The average molecular weight is 388 g/mol. The van der Waals surface area contributed by atoms with E-state index in [-0.39, 0.29) is 30.1 Å². The number of aliphatic imine (C=N–C) groups is 1. The number of furan rings is 1. The Morgan fingerprint density at radius 3 is 2.93 bits per heavy atom. The van der Waals surface area contributed by atoms with Crippen molar-refractivity contribution in [2.45, 2.75) is 24.9 Å². The highest BCUT2D eigenvalue weighted by Crippen LogP contribution is 2.35. The highest BCUT2D eigenvalue weighted by Gasteiger charge is 2.37. The van der Waals surface area contributed by atoms with E-state index in [0.717, 1.165) is 0 Å². The summed E-state index contributed by atoms with van der Waals surface area (Å²) in [6, 6.07) is 3.40. The lowest BCUT2D eigenvalue weighted by Gasteiger charge is -2.16. The van der Waals surface area contributed by atoms with Crippen LogP contribution in [0.3, 0.4) is 0 Å². The van der Waals surface area contributed by atoms with E-state index >= 15 is 0 Å². The SMILES string of the molecule is CN(C)/C=N/c1nc2c(nc(-c3ccco3)n2[C@H]2C[C@H](O)[C@@H](CO)O2)c(=O)[nH]1. The molecule has 3 aromatic heterocycles. The molecule has 0 unspecified atom stereocenters. The summed E-state index contributed by atoms with van der Waals surface area (Å²) in [5, 5.41) is 19.6. The standard InChI is InChI=1S/C17H20N6O5/c1-22(2)8-18-17-20-15-13(16(26)21-17)19-14(10-4-3-5-27-10)23(15)12-6-9(25)11(7-24)28-12/h3-5,8-9,11-12,24-25H,6-7H2,1-2H3,(H,20,21,26)/b18-8+/t9-,11+,12+/m0/s1. The van der Waals surface area contributed by atoms with Crippen molar-refractivity contribution in [1.82, 2.24) is 24.4 Å². The third-order valence-corrected chi connectivity index (χ3v) is 4.36. The number of fused-ring (bicyclic) bond motifs is 1. The molecule has 0 aromatic carbocycles. The molecule has 148 valence electrons. The van der Waals surface area contributed by atoms with Gasteiger partial charge in [-0.1, -0.05) is 0 Å². The number of aliphatic hydroxyl groups is 2. The molecule has 0 saturated carbocycles. The van der Waals surface area contributed by atoms with Gasteiger partial charge in [0, 0.05) is 20.5 Å². The van der Waals surface area contributed by atoms with Crippen molar-refractivity contribution in [3.63, 3.8) is 0 Å². The van der Waals surface area contributed by atoms with Crippen molar-refractivity contribution in [1.29, 1.82) is 0 Å². The zero-order valence-electron chi connectivity index (χ0n) is 15.3. The number of imidazole rings is 1. The van der Waals surface area contributed by atoms with Crippen molar-refractivity contribution in [2.75, 3.05) is 20.7 Å². The van der Waals surface area contributed by atoms with Crippen molar-refractivity contribution in [3.05, 3.63) is 28.7 Å². The number of nitrogens with zero attached hydrogens (tertiary/aromatic N) is 5. The second-order valence-corrected chi connectivity index (χ2v) is 6.67. The zero-order valence-corrected chi connectivity index (χ0v) is 15.3. The first-order chi connectivity index (χ1) is 13.5. The number of aromatic amines is 1. The van der Waals surface area contributed by atoms with Gasteiger partial charge in [0.2, 0.25) is 5.95 Å². The van der Waals surface area contributed by atoms with Crippen LogP contribution in [-0.4, -0.2) is 73.9 Å². The van der Waals surface area contributed by atoms with E-state index in [1.807, 2.05) is 0 Å². The normalized spacial score (nSPS) is 22.5. The number of H-pyrrole nitrogens is 1. The van der Waals surface area contributed by atoms with Gasteiger partial charge in [-0.25, -0.2) is 9.98 Å². The van der Waals surface area contributed by atoms with Gasteiger partial charge in [0.15, 0.2) is 22.7 Å². The Morgan fingerprint density at radius 2 is 2.29 bits per heavy atom. The fraction of sp³-hybridized carbons (Fsp3) is 0.412. The van der Waals surface area contributed by atoms with Gasteiger partial charge in [-0.2, -0.15) is 4.98 Å². The molecule has 0 amide bonds. The van der Waals surface area contributed by atoms with E-state index in [9.17, 15) is 15.0 Å². The maximum absolute atomic E-state index is 12.6. The minimum absolute atomic E-state index is 0.0979. The van der Waals surface area contributed by atoms with Crippen LogP contribution in [0.15, 0.2) is 32.6 Å². The predicted octanol–water partition coefficient (Wildman–Crippen LogP) is 0.242. The summed E-state index contributed by atoms with van der Waals surface area (Å²) in [5.74, 6) is 0.861. The molecule has 3 atom stereocenters. The second-order valence-electron chi connectivity index (χ2n) is 6.67. The third kappa shape index (κ3) is 3.19. The molecule has 0 spiro atoms. The van der Waals surface area contributed by atoms with E-state index in [1.165, 1.54) is 12.6 Å². The van der Waals surface area contributed by atoms with Gasteiger partial charge in [-0.05, 0) is 12.1 Å². The van der Waals surface area contributed by atoms with Crippen LogP contribution >= 0.6 is 0 Å². The Balaban J connectivity index is 1.91. The number of nitrogens with one attached hydrogen (secondary N) is 1. The number of aliphatic hydroxyl groups excluding tert-OH is 2. The Labute approximate surface area is 158 Å². The molecule has 28 heavy (non-hydrogen) atoms. The molecule has 1 fully saturated rings. The lowest BCUT2D eigenvalue weighted by atomic mass is 10.2. The lowest BCUT2D eigenvalue weighted by Crippen LogP contribution is -2.24. The fourth-order valence-electron chi connectivity index (χ4n) is 3.09. The van der Waals surface area contributed by atoms with Crippen molar-refractivity contribution in [3.8, 4) is 11.6 Å². The first-order valence-electron chi connectivity index (χ1n) is 8.69. The van der Waals surface area contributed by atoms with Crippen LogP contribution in [0, 0.1) is 0 Å². The van der Waals surface area contributed by atoms with Gasteiger partial charge in [-0.15, -0.1) is 0 Å². The van der Waals surface area contributed by atoms with E-state index < -0.39 is 24.0 Å². The van der Waals surface area contributed by atoms with Crippen LogP contribution in [0.1, 0.15) is 12.6 Å². The van der Waals surface area contributed by atoms with Gasteiger partial charge in [0.1, 0.15) is 12.3 Å². The van der Waals surface area contributed by atoms with Crippen molar-refractivity contribution in [2.24, 2.45) is 4.99 Å². The molecule has 1 saturated heterocycles. The first-order valence-corrected chi connectivity index (χ1v) is 8.69. The van der Waals surface area contributed by atoms with Gasteiger partial charge >= 0.3 is 0 Å². The summed E-state index contributed by atoms with van der Waals surface area (Å²) >= 11 is 0. The molecule has 0 radical (unpaired) electrons. The maximum atomic E-state index is 12.6. The number of ether oxygens (including phenoxy) is 1. The summed E-state index contributed by atoms with van der Waals surface area (Å²) in [7, 11) is 3.59. The quantitative estimate of drug-likeness (QED) is 0.417. The molecule has 3 aromatic rings. The molecule has 0 aliphatic carbocycles. The average Bonchev–Trinajstić information content (AvgIpc) is 3.37. The first kappa shape index (κ1) is 18.3. The van der Waals surface area contributed by atoms with Crippen molar-refractivity contribution < 1.29 is 19.4 Å². The van der Waals surface area contributed by atoms with Crippen LogP contribution in [0.4, 0.5) is 5.95 Å². The number of aromatic nitrogens is 4. The molecule has 4 rings (SSSR count). The van der Waals surface area contributed by atoms with Gasteiger partial charge in [0.25, 0.3) is 5.56 Å². The molecule has 3 N–H and O–H groups in total. The molecule has 4 heterocycles. The summed E-state index contributed by atoms with van der Waals surface area (Å²) in [5.41, 5.74) is -0.114. The van der Waals surface area contributed by atoms with Crippen LogP contribution in [-0.2, 0) is 4.74 Å². The third-order valence-electron chi connectivity index (χ3n) is 4.36. The second kappa shape index (κ2) is 7.19. The van der Waals surface area contributed by atoms with Crippen molar-refractivity contribution >= 4 is 23.5 Å². The molecule has 1 aliphatic rings. The minimum Gasteiger partial charge on any atom is -0.461 e. The summed E-state index contributed by atoms with van der Waals surface area (Å²) in [6.45, 7) is -0.327. The summed E-state index contributed by atoms with van der Waals surface area (Å²) < 4.78 is 12.8. The molecule has 0 bridgehead atoms. The Bertz CT molecular complexity index is 1050. The summed E-state index contributed by atoms with van der Waals surface area (Å²) in [4.78, 5) is 29.8. The monoisotopic (exact) mass is 388 g/mol. The number of hydrogen-bond donors (Lipinski definition) is 3. The van der Waals surface area contributed by atoms with Gasteiger partial charge < -0.3 is 24.3 Å². The molecular weight excluding hydrogens is 368 g/mol. The highest BCUT2D eigenvalue weighted by molar-refractivity contribution is 5.76. The van der Waals surface area contributed by atoms with E-state index in [1.54, 1.807) is 35.7 Å². The van der Waals surface area contributed by atoms with Gasteiger partial charge in [-0.3, -0.25) is 14.3 Å². The number of rotatable bonds is 5. The van der Waals surface area contributed by atoms with E-state index in [2.05, 4.69) is 19.9 Å². The van der Waals surface area contributed by atoms with E-state index in [4.69, 9.17) is 9.15 Å². The lowest BCUT2D eigenvalue weighted by molar-refractivity contribution is -0.0427. The van der Waals surface area contributed by atoms with Crippen LogP contribution in [0.2, 0.25) is 0 Å².